The normalized spacial score (nSPS) is 14.4. The fourth-order valence-corrected chi connectivity index (χ4v) is 2.49. The Kier molecular flexibility index (Phi) is 2.91. The SMILES string of the molecule is CN1CCN(c2ncnc(N)c2Cl)c2ccccc21. The Balaban J connectivity index is 2.12. The molecule has 2 N–H and O–H groups in total. The molecule has 2 aromatic rings. The van der Waals surface area contributed by atoms with Crippen LogP contribution in [0.4, 0.5) is 23.0 Å². The van der Waals surface area contributed by atoms with Gasteiger partial charge in [0.05, 0.1) is 11.4 Å². The summed E-state index contributed by atoms with van der Waals surface area (Å²) in [6, 6.07) is 8.16. The van der Waals surface area contributed by atoms with E-state index in [0.29, 0.717) is 16.7 Å². The van der Waals surface area contributed by atoms with Crippen LogP contribution in [0.1, 0.15) is 0 Å². The molecule has 1 aromatic heterocycles. The van der Waals surface area contributed by atoms with Crippen molar-refractivity contribution in [3.63, 3.8) is 0 Å². The van der Waals surface area contributed by atoms with Crippen LogP contribution in [0.2, 0.25) is 5.02 Å². The number of likely N-dealkylation sites (N-methyl/N-ethyl adjacent to an activating group) is 1. The summed E-state index contributed by atoms with van der Waals surface area (Å²) in [4.78, 5) is 12.5. The number of para-hydroxylation sites is 2. The number of hydrogen-bond acceptors (Lipinski definition) is 5. The number of nitrogen functional groups attached to an aromatic ring is 1. The second kappa shape index (κ2) is 4.59. The molecule has 0 unspecified atom stereocenters. The van der Waals surface area contributed by atoms with Gasteiger partial charge in [-0.05, 0) is 12.1 Å². The van der Waals surface area contributed by atoms with Crippen molar-refractivity contribution in [1.82, 2.24) is 9.97 Å². The lowest BCUT2D eigenvalue weighted by atomic mass is 10.1. The van der Waals surface area contributed by atoms with Crippen LogP contribution < -0.4 is 15.5 Å². The molecule has 0 spiro atoms. The number of nitrogens with zero attached hydrogens (tertiary/aromatic N) is 4. The van der Waals surface area contributed by atoms with Gasteiger partial charge >= 0.3 is 0 Å². The number of nitrogens with two attached hydrogens (primary N) is 1. The highest BCUT2D eigenvalue weighted by atomic mass is 35.5. The van der Waals surface area contributed by atoms with Crippen LogP contribution in [-0.2, 0) is 0 Å². The maximum atomic E-state index is 6.22. The highest BCUT2D eigenvalue weighted by molar-refractivity contribution is 6.35. The van der Waals surface area contributed by atoms with Gasteiger partial charge in [-0.2, -0.15) is 0 Å². The van der Waals surface area contributed by atoms with E-state index < -0.39 is 0 Å². The fraction of sp³-hybridized carbons (Fsp3) is 0.231. The molecule has 5 nitrogen and oxygen atoms in total. The van der Waals surface area contributed by atoms with Crippen molar-refractivity contribution in [2.45, 2.75) is 0 Å². The maximum Gasteiger partial charge on any atom is 0.157 e. The van der Waals surface area contributed by atoms with Gasteiger partial charge in [-0.15, -0.1) is 0 Å². The molecule has 0 bridgehead atoms. The zero-order valence-corrected chi connectivity index (χ0v) is 11.3. The molecule has 1 aliphatic heterocycles. The largest absolute Gasteiger partial charge is 0.382 e. The van der Waals surface area contributed by atoms with E-state index >= 15 is 0 Å². The van der Waals surface area contributed by atoms with Crippen LogP contribution in [0, 0.1) is 0 Å². The molecule has 98 valence electrons. The van der Waals surface area contributed by atoms with Crippen LogP contribution in [-0.4, -0.2) is 30.1 Å². The quantitative estimate of drug-likeness (QED) is 0.865. The van der Waals surface area contributed by atoms with Crippen molar-refractivity contribution in [1.29, 1.82) is 0 Å². The first kappa shape index (κ1) is 12.0. The summed E-state index contributed by atoms with van der Waals surface area (Å²) in [6.45, 7) is 1.71. The van der Waals surface area contributed by atoms with Crippen molar-refractivity contribution >= 4 is 34.6 Å². The minimum Gasteiger partial charge on any atom is -0.382 e. The number of benzene rings is 1. The maximum absolute atomic E-state index is 6.22. The molecule has 3 rings (SSSR count). The number of fused-ring (bicyclic) bond motifs is 1. The predicted octanol–water partition coefficient (Wildman–Crippen LogP) is 2.30. The van der Waals surface area contributed by atoms with Gasteiger partial charge in [0.15, 0.2) is 5.82 Å². The Hall–Kier alpha value is -2.01. The van der Waals surface area contributed by atoms with Crippen LogP contribution in [0.15, 0.2) is 30.6 Å². The molecule has 0 fully saturated rings. The zero-order valence-electron chi connectivity index (χ0n) is 10.5. The third-order valence-corrected chi connectivity index (χ3v) is 3.66. The topological polar surface area (TPSA) is 58.3 Å². The van der Waals surface area contributed by atoms with Gasteiger partial charge in [0, 0.05) is 20.1 Å². The van der Waals surface area contributed by atoms with Crippen molar-refractivity contribution in [2.24, 2.45) is 0 Å². The smallest absolute Gasteiger partial charge is 0.157 e. The first-order valence-corrected chi connectivity index (χ1v) is 6.40. The van der Waals surface area contributed by atoms with Gasteiger partial charge in [-0.3, -0.25) is 0 Å². The second-order valence-corrected chi connectivity index (χ2v) is 4.84. The number of anilines is 4. The molecular formula is C13H14ClN5. The number of rotatable bonds is 1. The van der Waals surface area contributed by atoms with Crippen molar-refractivity contribution in [3.8, 4) is 0 Å². The van der Waals surface area contributed by atoms with E-state index in [2.05, 4.69) is 38.9 Å². The average Bonchev–Trinajstić information content (AvgIpc) is 2.43. The van der Waals surface area contributed by atoms with Crippen molar-refractivity contribution < 1.29 is 0 Å². The second-order valence-electron chi connectivity index (χ2n) is 4.46. The minimum absolute atomic E-state index is 0.308. The standard InChI is InChI=1S/C13H14ClN5/c1-18-6-7-19(10-5-3-2-4-9(10)18)13-11(14)12(15)16-8-17-13/h2-5,8H,6-7H2,1H3,(H2,15,16,17). The predicted molar refractivity (Wildman–Crippen MR) is 78.2 cm³/mol. The summed E-state index contributed by atoms with van der Waals surface area (Å²) < 4.78 is 0. The lowest BCUT2D eigenvalue weighted by Gasteiger charge is -2.36. The van der Waals surface area contributed by atoms with E-state index in [-0.39, 0.29) is 0 Å². The lowest BCUT2D eigenvalue weighted by molar-refractivity contribution is 0.812. The molecule has 0 atom stereocenters. The summed E-state index contributed by atoms with van der Waals surface area (Å²) >= 11 is 6.22. The van der Waals surface area contributed by atoms with Gasteiger partial charge < -0.3 is 15.5 Å². The number of aromatic nitrogens is 2. The lowest BCUT2D eigenvalue weighted by Crippen LogP contribution is -2.37. The van der Waals surface area contributed by atoms with E-state index in [1.807, 2.05) is 12.1 Å². The molecule has 19 heavy (non-hydrogen) atoms. The molecule has 2 heterocycles. The Morgan fingerprint density at radius 1 is 1.16 bits per heavy atom. The summed E-state index contributed by atoms with van der Waals surface area (Å²) in [5, 5.41) is 0.404. The van der Waals surface area contributed by atoms with Gasteiger partial charge in [-0.25, -0.2) is 9.97 Å². The fourth-order valence-electron chi connectivity index (χ4n) is 2.29. The molecule has 0 radical (unpaired) electrons. The Morgan fingerprint density at radius 2 is 1.89 bits per heavy atom. The molecule has 0 saturated heterocycles. The van der Waals surface area contributed by atoms with Crippen LogP contribution in [0.25, 0.3) is 0 Å². The Bertz CT molecular complexity index is 616. The van der Waals surface area contributed by atoms with E-state index in [0.717, 1.165) is 24.5 Å². The van der Waals surface area contributed by atoms with E-state index in [1.165, 1.54) is 6.33 Å². The van der Waals surface area contributed by atoms with Gasteiger partial charge in [0.25, 0.3) is 0 Å². The molecule has 0 amide bonds. The first-order chi connectivity index (χ1) is 9.18. The van der Waals surface area contributed by atoms with Gasteiger partial charge in [0.1, 0.15) is 17.2 Å². The van der Waals surface area contributed by atoms with Crippen molar-refractivity contribution in [3.05, 3.63) is 35.6 Å². The third kappa shape index (κ3) is 1.96. The summed E-state index contributed by atoms with van der Waals surface area (Å²) in [7, 11) is 2.08. The van der Waals surface area contributed by atoms with Crippen LogP contribution in [0.3, 0.4) is 0 Å². The molecule has 0 saturated carbocycles. The van der Waals surface area contributed by atoms with E-state index in [9.17, 15) is 0 Å². The van der Waals surface area contributed by atoms with Crippen molar-refractivity contribution in [2.75, 3.05) is 35.7 Å². The molecule has 6 heteroatoms. The minimum atomic E-state index is 0.308. The molecule has 0 aliphatic carbocycles. The molecule has 1 aliphatic rings. The van der Waals surface area contributed by atoms with Gasteiger partial charge in [0.2, 0.25) is 0 Å². The summed E-state index contributed by atoms with van der Waals surface area (Å²) in [6.07, 6.45) is 1.44. The van der Waals surface area contributed by atoms with Crippen LogP contribution in [0.5, 0.6) is 0 Å². The molecule has 1 aromatic carbocycles. The Morgan fingerprint density at radius 3 is 2.68 bits per heavy atom. The highest BCUT2D eigenvalue weighted by Crippen LogP contribution is 2.39. The zero-order chi connectivity index (χ0) is 13.4. The molecular weight excluding hydrogens is 262 g/mol. The number of hydrogen-bond donors (Lipinski definition) is 1. The Labute approximate surface area is 116 Å². The highest BCUT2D eigenvalue weighted by Gasteiger charge is 2.24. The van der Waals surface area contributed by atoms with E-state index in [1.54, 1.807) is 0 Å². The number of halogens is 1. The summed E-state index contributed by atoms with van der Waals surface area (Å²) in [5.74, 6) is 0.970. The monoisotopic (exact) mass is 275 g/mol. The third-order valence-electron chi connectivity index (χ3n) is 3.30. The van der Waals surface area contributed by atoms with E-state index in [4.69, 9.17) is 17.3 Å². The first-order valence-electron chi connectivity index (χ1n) is 6.02. The summed E-state index contributed by atoms with van der Waals surface area (Å²) in [5.41, 5.74) is 7.99. The van der Waals surface area contributed by atoms with Crippen LogP contribution >= 0.6 is 11.6 Å². The average molecular weight is 276 g/mol. The van der Waals surface area contributed by atoms with Gasteiger partial charge in [-0.1, -0.05) is 23.7 Å².